The lowest BCUT2D eigenvalue weighted by Crippen LogP contribution is -2.54. The number of aliphatic hydroxyl groups is 2. The van der Waals surface area contributed by atoms with Crippen molar-refractivity contribution in [2.24, 2.45) is 28.6 Å². The monoisotopic (exact) mass is 390 g/mol. The number of fused-ring (bicyclic) bond motifs is 5. The van der Waals surface area contributed by atoms with Gasteiger partial charge in [-0.1, -0.05) is 55.5 Å². The average molecular weight is 391 g/mol. The molecule has 5 rings (SSSR count). The van der Waals surface area contributed by atoms with Crippen molar-refractivity contribution in [2.45, 2.75) is 76.9 Å². The average Bonchev–Trinajstić information content (AvgIpc) is 2.99. The van der Waals surface area contributed by atoms with Crippen molar-refractivity contribution in [1.29, 1.82) is 0 Å². The second-order valence-electron chi connectivity index (χ2n) is 10.6. The maximum Gasteiger partial charge on any atom is 0.131 e. The first-order valence-electron chi connectivity index (χ1n) is 11.5. The van der Waals surface area contributed by atoms with Crippen LogP contribution in [0.1, 0.15) is 70.8 Å². The van der Waals surface area contributed by atoms with E-state index in [1.807, 2.05) is 30.3 Å². The summed E-state index contributed by atoms with van der Waals surface area (Å²) in [6.07, 6.45) is 10.5. The van der Waals surface area contributed by atoms with Gasteiger partial charge in [-0.05, 0) is 86.7 Å². The third kappa shape index (κ3) is 2.85. The number of rotatable bonds is 0. The molecule has 3 saturated carbocycles. The Balaban J connectivity index is 1.45. The Morgan fingerprint density at radius 2 is 1.72 bits per heavy atom. The normalized spacial score (nSPS) is 45.9. The first-order chi connectivity index (χ1) is 13.9. The minimum atomic E-state index is -0.883. The second-order valence-corrected chi connectivity index (χ2v) is 10.6. The fraction of sp³-hybridized carbons (Fsp3) is 0.630. The van der Waals surface area contributed by atoms with Crippen LogP contribution in [-0.4, -0.2) is 21.9 Å². The van der Waals surface area contributed by atoms with E-state index in [-0.39, 0.29) is 16.9 Å². The predicted molar refractivity (Wildman–Crippen MR) is 116 cm³/mol. The second kappa shape index (κ2) is 6.73. The Bertz CT molecular complexity index is 877. The summed E-state index contributed by atoms with van der Waals surface area (Å²) in [6, 6.07) is 10.1. The van der Waals surface area contributed by atoms with Gasteiger partial charge in [0.05, 0.1) is 6.10 Å². The van der Waals surface area contributed by atoms with Crippen LogP contribution in [0, 0.1) is 40.4 Å². The van der Waals surface area contributed by atoms with E-state index >= 15 is 0 Å². The first-order valence-corrected chi connectivity index (χ1v) is 11.5. The number of aliphatic hydroxyl groups excluding tert-OH is 1. The van der Waals surface area contributed by atoms with Crippen molar-refractivity contribution in [3.63, 3.8) is 0 Å². The molecule has 3 fully saturated rings. The van der Waals surface area contributed by atoms with Crippen LogP contribution in [0.5, 0.6) is 0 Å². The highest BCUT2D eigenvalue weighted by Gasteiger charge is 2.63. The van der Waals surface area contributed by atoms with E-state index in [2.05, 4.69) is 31.8 Å². The Kier molecular flexibility index (Phi) is 4.50. The van der Waals surface area contributed by atoms with Gasteiger partial charge in [0.15, 0.2) is 0 Å². The molecule has 154 valence electrons. The SMILES string of the molecule is CC12CCC(O)CC1=CCC1C2CCC2(C)C1CCC2(O)C#Cc1ccccc1. The highest BCUT2D eigenvalue weighted by Crippen LogP contribution is 2.67. The molecule has 29 heavy (non-hydrogen) atoms. The molecule has 0 heterocycles. The molecule has 0 spiro atoms. The Labute approximate surface area is 175 Å². The largest absolute Gasteiger partial charge is 0.393 e. The fourth-order valence-electron chi connectivity index (χ4n) is 7.56. The molecule has 2 heteroatoms. The van der Waals surface area contributed by atoms with Gasteiger partial charge >= 0.3 is 0 Å². The van der Waals surface area contributed by atoms with Crippen molar-refractivity contribution in [2.75, 3.05) is 0 Å². The number of benzene rings is 1. The summed E-state index contributed by atoms with van der Waals surface area (Å²) < 4.78 is 0. The van der Waals surface area contributed by atoms with Crippen molar-refractivity contribution < 1.29 is 10.2 Å². The standard InChI is InChI=1S/C27H34O2/c1-25-14-11-21(28)18-20(25)8-9-22-23(25)12-15-26(2)24(22)13-17-27(26,29)16-10-19-6-4-3-5-7-19/h3-8,21-24,28-29H,9,11-15,17-18H2,1-2H3. The molecule has 0 saturated heterocycles. The molecule has 0 bridgehead atoms. The molecule has 0 radical (unpaired) electrons. The zero-order chi connectivity index (χ0) is 20.3. The van der Waals surface area contributed by atoms with Crippen LogP contribution in [-0.2, 0) is 0 Å². The molecule has 0 amide bonds. The van der Waals surface area contributed by atoms with Crippen LogP contribution in [0.4, 0.5) is 0 Å². The molecule has 4 aliphatic carbocycles. The van der Waals surface area contributed by atoms with Gasteiger partial charge in [-0.2, -0.15) is 0 Å². The van der Waals surface area contributed by atoms with Gasteiger partial charge in [0.2, 0.25) is 0 Å². The van der Waals surface area contributed by atoms with Crippen molar-refractivity contribution in [1.82, 2.24) is 0 Å². The van der Waals surface area contributed by atoms with E-state index in [1.165, 1.54) is 12.0 Å². The minimum absolute atomic E-state index is 0.119. The lowest BCUT2D eigenvalue weighted by atomic mass is 9.47. The lowest BCUT2D eigenvalue weighted by Gasteiger charge is -2.58. The van der Waals surface area contributed by atoms with E-state index < -0.39 is 5.60 Å². The molecular formula is C27H34O2. The van der Waals surface area contributed by atoms with Crippen LogP contribution in [0.3, 0.4) is 0 Å². The van der Waals surface area contributed by atoms with E-state index in [0.717, 1.165) is 50.5 Å². The maximum atomic E-state index is 11.7. The van der Waals surface area contributed by atoms with Crippen LogP contribution in [0.2, 0.25) is 0 Å². The van der Waals surface area contributed by atoms with Gasteiger partial charge in [-0.15, -0.1) is 0 Å². The lowest BCUT2D eigenvalue weighted by molar-refractivity contribution is -0.0970. The summed E-state index contributed by atoms with van der Waals surface area (Å²) in [7, 11) is 0. The Morgan fingerprint density at radius 1 is 0.966 bits per heavy atom. The van der Waals surface area contributed by atoms with E-state index in [0.29, 0.717) is 17.8 Å². The summed E-state index contributed by atoms with van der Waals surface area (Å²) in [5.74, 6) is 8.49. The molecule has 2 nitrogen and oxygen atoms in total. The number of allylic oxidation sites excluding steroid dienone is 1. The Morgan fingerprint density at radius 3 is 2.52 bits per heavy atom. The molecule has 2 N–H and O–H groups in total. The summed E-state index contributed by atoms with van der Waals surface area (Å²) in [4.78, 5) is 0. The van der Waals surface area contributed by atoms with Gasteiger partial charge in [-0.25, -0.2) is 0 Å². The highest BCUT2D eigenvalue weighted by atomic mass is 16.3. The smallest absolute Gasteiger partial charge is 0.131 e. The van der Waals surface area contributed by atoms with Crippen molar-refractivity contribution in [3.05, 3.63) is 47.5 Å². The molecule has 1 aromatic rings. The predicted octanol–water partition coefficient (Wildman–Crippen LogP) is 5.09. The zero-order valence-corrected chi connectivity index (χ0v) is 17.8. The quantitative estimate of drug-likeness (QED) is 0.478. The van der Waals surface area contributed by atoms with Crippen LogP contribution < -0.4 is 0 Å². The van der Waals surface area contributed by atoms with E-state index in [1.54, 1.807) is 0 Å². The van der Waals surface area contributed by atoms with Gasteiger partial charge in [0.25, 0.3) is 0 Å². The van der Waals surface area contributed by atoms with E-state index in [4.69, 9.17) is 0 Å². The van der Waals surface area contributed by atoms with Crippen LogP contribution in [0.15, 0.2) is 42.0 Å². The number of hydrogen-bond acceptors (Lipinski definition) is 2. The topological polar surface area (TPSA) is 40.5 Å². The third-order valence-electron chi connectivity index (χ3n) is 9.42. The minimum Gasteiger partial charge on any atom is -0.393 e. The fourth-order valence-corrected chi connectivity index (χ4v) is 7.56. The maximum absolute atomic E-state index is 11.7. The summed E-state index contributed by atoms with van der Waals surface area (Å²) >= 11 is 0. The third-order valence-corrected chi connectivity index (χ3v) is 9.42. The van der Waals surface area contributed by atoms with Gasteiger partial charge in [0.1, 0.15) is 5.60 Å². The summed E-state index contributed by atoms with van der Waals surface area (Å²) in [5.41, 5.74) is 1.75. The number of hydrogen-bond donors (Lipinski definition) is 2. The first kappa shape index (κ1) is 19.4. The zero-order valence-electron chi connectivity index (χ0n) is 17.8. The van der Waals surface area contributed by atoms with E-state index in [9.17, 15) is 10.2 Å². The van der Waals surface area contributed by atoms with Crippen molar-refractivity contribution in [3.8, 4) is 11.8 Å². The molecule has 7 atom stereocenters. The van der Waals surface area contributed by atoms with Gasteiger partial charge in [-0.3, -0.25) is 0 Å². The van der Waals surface area contributed by atoms with Crippen molar-refractivity contribution >= 4 is 0 Å². The Hall–Kier alpha value is -1.56. The van der Waals surface area contributed by atoms with Gasteiger partial charge in [0, 0.05) is 11.0 Å². The molecule has 1 aromatic carbocycles. The molecule has 0 aromatic heterocycles. The van der Waals surface area contributed by atoms with Crippen LogP contribution >= 0.6 is 0 Å². The summed E-state index contributed by atoms with van der Waals surface area (Å²) in [5, 5.41) is 21.9. The van der Waals surface area contributed by atoms with Crippen LogP contribution in [0.25, 0.3) is 0 Å². The summed E-state index contributed by atoms with van der Waals surface area (Å²) in [6.45, 7) is 4.77. The highest BCUT2D eigenvalue weighted by molar-refractivity contribution is 5.38. The molecular weight excluding hydrogens is 356 g/mol. The molecule has 4 aliphatic rings. The molecule has 7 unspecified atom stereocenters. The molecule has 0 aliphatic heterocycles. The van der Waals surface area contributed by atoms with Gasteiger partial charge < -0.3 is 10.2 Å².